The topological polar surface area (TPSA) is 58.6 Å². The number of aliphatic hydroxyl groups excluding tert-OH is 1. The van der Waals surface area contributed by atoms with E-state index >= 15 is 0 Å². The van der Waals surface area contributed by atoms with Crippen molar-refractivity contribution in [1.29, 1.82) is 0 Å². The molecule has 0 aromatic heterocycles. The summed E-state index contributed by atoms with van der Waals surface area (Å²) in [5.41, 5.74) is -0.819. The summed E-state index contributed by atoms with van der Waals surface area (Å²) in [6, 6.07) is 0. The number of nitrogens with one attached hydrogen (secondary N) is 1. The fourth-order valence-corrected chi connectivity index (χ4v) is 1.70. The molecule has 1 heterocycles. The van der Waals surface area contributed by atoms with Crippen molar-refractivity contribution in [1.82, 2.24) is 5.32 Å². The van der Waals surface area contributed by atoms with E-state index in [1.165, 1.54) is 0 Å². The lowest BCUT2D eigenvalue weighted by molar-refractivity contribution is -0.145. The molecule has 0 aliphatic carbocycles. The normalized spacial score (nSPS) is 20.0. The summed E-state index contributed by atoms with van der Waals surface area (Å²) in [5, 5.41) is 11.7. The molecular formula is C10H16F3NO3. The molecule has 17 heavy (non-hydrogen) atoms. The van der Waals surface area contributed by atoms with Gasteiger partial charge in [-0.15, -0.1) is 0 Å². The number of hydrogen-bond acceptors (Lipinski definition) is 3. The van der Waals surface area contributed by atoms with E-state index in [1.807, 2.05) is 0 Å². The maximum atomic E-state index is 11.9. The van der Waals surface area contributed by atoms with E-state index in [2.05, 4.69) is 5.32 Å². The van der Waals surface area contributed by atoms with Gasteiger partial charge in [0.1, 0.15) is 0 Å². The average Bonchev–Trinajstić information content (AvgIpc) is 2.27. The molecule has 1 aliphatic heterocycles. The molecule has 4 nitrogen and oxygen atoms in total. The fourth-order valence-electron chi connectivity index (χ4n) is 1.70. The minimum absolute atomic E-state index is 0.284. The lowest BCUT2D eigenvalue weighted by Gasteiger charge is -2.36. The van der Waals surface area contributed by atoms with E-state index in [9.17, 15) is 23.1 Å². The van der Waals surface area contributed by atoms with Crippen LogP contribution in [0.1, 0.15) is 25.7 Å². The summed E-state index contributed by atoms with van der Waals surface area (Å²) in [6.45, 7) is 0.494. The van der Waals surface area contributed by atoms with Crippen molar-refractivity contribution in [3.8, 4) is 0 Å². The third kappa shape index (κ3) is 4.91. The summed E-state index contributed by atoms with van der Waals surface area (Å²) in [6.07, 6.45) is -5.25. The average molecular weight is 255 g/mol. The van der Waals surface area contributed by atoms with Crippen LogP contribution >= 0.6 is 0 Å². The van der Waals surface area contributed by atoms with E-state index in [0.29, 0.717) is 26.1 Å². The highest BCUT2D eigenvalue weighted by Gasteiger charge is 2.34. The zero-order chi connectivity index (χ0) is 12.9. The highest BCUT2D eigenvalue weighted by Crippen LogP contribution is 2.23. The van der Waals surface area contributed by atoms with Crippen molar-refractivity contribution in [3.63, 3.8) is 0 Å². The Morgan fingerprint density at radius 1 is 1.35 bits per heavy atom. The Hall–Kier alpha value is -0.820. The van der Waals surface area contributed by atoms with Crippen molar-refractivity contribution in [3.05, 3.63) is 0 Å². The van der Waals surface area contributed by atoms with Crippen LogP contribution in [0.15, 0.2) is 0 Å². The lowest BCUT2D eigenvalue weighted by atomic mass is 9.91. The zero-order valence-corrected chi connectivity index (χ0v) is 9.35. The van der Waals surface area contributed by atoms with Gasteiger partial charge in [-0.1, -0.05) is 0 Å². The largest absolute Gasteiger partial charge is 0.394 e. The molecule has 0 aromatic carbocycles. The Bertz CT molecular complexity index is 262. The first kappa shape index (κ1) is 14.2. The van der Waals surface area contributed by atoms with Gasteiger partial charge in [-0.2, -0.15) is 13.2 Å². The SMILES string of the molecule is O=C(CCC(F)(F)F)NC1(CO)CCOCC1. The van der Waals surface area contributed by atoms with Crippen LogP contribution in [0.3, 0.4) is 0 Å². The molecular weight excluding hydrogens is 239 g/mol. The molecule has 1 rings (SSSR count). The number of amides is 1. The monoisotopic (exact) mass is 255 g/mol. The van der Waals surface area contributed by atoms with Gasteiger partial charge in [-0.3, -0.25) is 4.79 Å². The van der Waals surface area contributed by atoms with Gasteiger partial charge in [-0.25, -0.2) is 0 Å². The second-order valence-corrected chi connectivity index (χ2v) is 4.21. The van der Waals surface area contributed by atoms with Crippen LogP contribution in [0, 0.1) is 0 Å². The van der Waals surface area contributed by atoms with E-state index in [-0.39, 0.29) is 6.61 Å². The number of carbonyl (C=O) groups is 1. The van der Waals surface area contributed by atoms with E-state index in [1.54, 1.807) is 0 Å². The number of hydrogen-bond donors (Lipinski definition) is 2. The number of ether oxygens (including phenoxy) is 1. The van der Waals surface area contributed by atoms with Gasteiger partial charge in [0.05, 0.1) is 18.6 Å². The summed E-state index contributed by atoms with van der Waals surface area (Å²) in [5.74, 6) is -0.682. The summed E-state index contributed by atoms with van der Waals surface area (Å²) in [7, 11) is 0. The van der Waals surface area contributed by atoms with Gasteiger partial charge < -0.3 is 15.2 Å². The van der Waals surface area contributed by atoms with Gasteiger partial charge in [-0.05, 0) is 12.8 Å². The standard InChI is InChI=1S/C10H16F3NO3/c11-10(12,13)2-1-8(16)14-9(7-15)3-5-17-6-4-9/h15H,1-7H2,(H,14,16). The molecule has 1 amide bonds. The predicted octanol–water partition coefficient (Wildman–Crippen LogP) is 0.987. The smallest absolute Gasteiger partial charge is 0.389 e. The first-order valence-electron chi connectivity index (χ1n) is 5.43. The fraction of sp³-hybridized carbons (Fsp3) is 0.900. The Morgan fingerprint density at radius 3 is 2.41 bits per heavy atom. The minimum Gasteiger partial charge on any atom is -0.394 e. The predicted molar refractivity (Wildman–Crippen MR) is 53.3 cm³/mol. The molecule has 1 fully saturated rings. The van der Waals surface area contributed by atoms with Crippen LogP contribution in [0.5, 0.6) is 0 Å². The Labute approximate surface area is 97.1 Å². The molecule has 1 aliphatic rings. The number of alkyl halides is 3. The molecule has 7 heteroatoms. The molecule has 0 atom stereocenters. The van der Waals surface area contributed by atoms with Crippen molar-refractivity contribution in [2.24, 2.45) is 0 Å². The molecule has 1 saturated heterocycles. The minimum atomic E-state index is -4.33. The third-order valence-corrected chi connectivity index (χ3v) is 2.79. The van der Waals surface area contributed by atoms with Gasteiger partial charge in [0, 0.05) is 19.6 Å². The third-order valence-electron chi connectivity index (χ3n) is 2.79. The summed E-state index contributed by atoms with van der Waals surface area (Å²) in [4.78, 5) is 11.4. The highest BCUT2D eigenvalue weighted by atomic mass is 19.4. The Balaban J connectivity index is 2.42. The maximum absolute atomic E-state index is 11.9. The quantitative estimate of drug-likeness (QED) is 0.787. The molecule has 2 N–H and O–H groups in total. The van der Waals surface area contributed by atoms with Gasteiger partial charge in [0.2, 0.25) is 5.91 Å². The van der Waals surface area contributed by atoms with Crippen molar-refractivity contribution in [2.45, 2.75) is 37.4 Å². The lowest BCUT2D eigenvalue weighted by Crippen LogP contribution is -2.54. The van der Waals surface area contributed by atoms with Crippen LogP contribution in [-0.2, 0) is 9.53 Å². The van der Waals surface area contributed by atoms with Crippen LogP contribution in [0.4, 0.5) is 13.2 Å². The molecule has 0 bridgehead atoms. The second-order valence-electron chi connectivity index (χ2n) is 4.21. The van der Waals surface area contributed by atoms with E-state index < -0.39 is 30.5 Å². The Morgan fingerprint density at radius 2 is 1.94 bits per heavy atom. The molecule has 100 valence electrons. The first-order valence-corrected chi connectivity index (χ1v) is 5.43. The molecule has 0 aromatic rings. The van der Waals surface area contributed by atoms with Crippen molar-refractivity contribution >= 4 is 5.91 Å². The Kier molecular flexibility index (Phi) is 4.76. The summed E-state index contributed by atoms with van der Waals surface area (Å²) < 4.78 is 40.8. The highest BCUT2D eigenvalue weighted by molar-refractivity contribution is 5.76. The summed E-state index contributed by atoms with van der Waals surface area (Å²) >= 11 is 0. The van der Waals surface area contributed by atoms with Gasteiger partial charge in [0.25, 0.3) is 0 Å². The number of aliphatic hydroxyl groups is 1. The molecule has 0 unspecified atom stereocenters. The van der Waals surface area contributed by atoms with Crippen molar-refractivity contribution in [2.75, 3.05) is 19.8 Å². The van der Waals surface area contributed by atoms with Crippen LogP contribution in [0.2, 0.25) is 0 Å². The molecule has 0 saturated carbocycles. The number of rotatable bonds is 4. The maximum Gasteiger partial charge on any atom is 0.389 e. The molecule has 0 radical (unpaired) electrons. The van der Waals surface area contributed by atoms with Crippen LogP contribution < -0.4 is 5.32 Å². The second kappa shape index (κ2) is 5.68. The van der Waals surface area contributed by atoms with Crippen LogP contribution in [-0.4, -0.2) is 42.5 Å². The number of carbonyl (C=O) groups excluding carboxylic acids is 1. The zero-order valence-electron chi connectivity index (χ0n) is 9.35. The van der Waals surface area contributed by atoms with Gasteiger partial charge in [0.15, 0.2) is 0 Å². The van der Waals surface area contributed by atoms with Gasteiger partial charge >= 0.3 is 6.18 Å². The number of halogens is 3. The van der Waals surface area contributed by atoms with E-state index in [4.69, 9.17) is 4.74 Å². The first-order chi connectivity index (χ1) is 7.87. The van der Waals surface area contributed by atoms with Crippen LogP contribution in [0.25, 0.3) is 0 Å². The molecule has 0 spiro atoms. The van der Waals surface area contributed by atoms with Crippen molar-refractivity contribution < 1.29 is 27.8 Å². The van der Waals surface area contributed by atoms with E-state index in [0.717, 1.165) is 0 Å².